The van der Waals surface area contributed by atoms with Gasteiger partial charge in [0.1, 0.15) is 0 Å². The van der Waals surface area contributed by atoms with Gasteiger partial charge in [-0.3, -0.25) is 0 Å². The molecule has 1 aromatic rings. The van der Waals surface area contributed by atoms with Gasteiger partial charge in [0, 0.05) is 25.4 Å². The van der Waals surface area contributed by atoms with Crippen LogP contribution in [0.15, 0.2) is 24.3 Å². The van der Waals surface area contributed by atoms with E-state index in [0.717, 1.165) is 32.7 Å². The van der Waals surface area contributed by atoms with Gasteiger partial charge in [0.05, 0.1) is 6.10 Å². The fourth-order valence-electron chi connectivity index (χ4n) is 2.56. The first-order valence-corrected chi connectivity index (χ1v) is 7.43. The van der Waals surface area contributed by atoms with Crippen LogP contribution in [0.4, 0.5) is 5.69 Å². The van der Waals surface area contributed by atoms with Crippen molar-refractivity contribution in [2.45, 2.75) is 38.7 Å². The molecule has 106 valence electrons. The van der Waals surface area contributed by atoms with Crippen LogP contribution in [0.5, 0.6) is 0 Å². The van der Waals surface area contributed by atoms with Gasteiger partial charge < -0.3 is 15.4 Å². The van der Waals surface area contributed by atoms with Gasteiger partial charge in [-0.15, -0.1) is 0 Å². The molecule has 0 amide bonds. The minimum Gasteiger partial charge on any atom is -0.376 e. The van der Waals surface area contributed by atoms with Crippen LogP contribution in [0, 0.1) is 6.92 Å². The fraction of sp³-hybridized carbons (Fsp3) is 0.625. The minimum absolute atomic E-state index is 0.382. The second-order valence-corrected chi connectivity index (χ2v) is 5.41. The fourth-order valence-corrected chi connectivity index (χ4v) is 2.56. The summed E-state index contributed by atoms with van der Waals surface area (Å²) in [6.07, 6.45) is 5.10. The number of aryl methyl sites for hydroxylation is 1. The Morgan fingerprint density at radius 1 is 1.26 bits per heavy atom. The zero-order valence-electron chi connectivity index (χ0n) is 12.0. The number of ether oxygens (including phenoxy) is 1. The third kappa shape index (κ3) is 4.51. The van der Waals surface area contributed by atoms with E-state index in [9.17, 15) is 0 Å². The van der Waals surface area contributed by atoms with E-state index < -0.39 is 0 Å². The number of anilines is 1. The molecule has 0 aliphatic carbocycles. The van der Waals surface area contributed by atoms with Crippen molar-refractivity contribution in [3.05, 3.63) is 29.8 Å². The standard InChI is InChI=1S/C16H26N2O/c1-14-6-8-15(9-7-14)18(11-4-10-17)13-16-5-2-3-12-19-16/h6-9,16H,2-5,10-13,17H2,1H3. The highest BCUT2D eigenvalue weighted by atomic mass is 16.5. The van der Waals surface area contributed by atoms with Gasteiger partial charge >= 0.3 is 0 Å². The molecule has 0 spiro atoms. The van der Waals surface area contributed by atoms with Crippen molar-refractivity contribution in [2.75, 3.05) is 31.1 Å². The first kappa shape index (κ1) is 14.4. The summed E-state index contributed by atoms with van der Waals surface area (Å²) in [6, 6.07) is 8.75. The van der Waals surface area contributed by atoms with E-state index in [0.29, 0.717) is 6.10 Å². The second-order valence-electron chi connectivity index (χ2n) is 5.41. The quantitative estimate of drug-likeness (QED) is 0.856. The molecule has 1 aliphatic heterocycles. The molecule has 1 fully saturated rings. The molecule has 19 heavy (non-hydrogen) atoms. The number of rotatable bonds is 6. The van der Waals surface area contributed by atoms with Crippen molar-refractivity contribution in [3.63, 3.8) is 0 Å². The van der Waals surface area contributed by atoms with Gasteiger partial charge in [0.25, 0.3) is 0 Å². The van der Waals surface area contributed by atoms with Gasteiger partial charge in [-0.2, -0.15) is 0 Å². The molecule has 1 atom stereocenters. The van der Waals surface area contributed by atoms with Crippen LogP contribution in [0.25, 0.3) is 0 Å². The topological polar surface area (TPSA) is 38.5 Å². The highest BCUT2D eigenvalue weighted by molar-refractivity contribution is 5.47. The van der Waals surface area contributed by atoms with Gasteiger partial charge in [0.2, 0.25) is 0 Å². The number of benzene rings is 1. The molecule has 0 radical (unpaired) electrons. The maximum absolute atomic E-state index is 5.86. The second kappa shape index (κ2) is 7.51. The summed E-state index contributed by atoms with van der Waals surface area (Å²) >= 11 is 0. The summed E-state index contributed by atoms with van der Waals surface area (Å²) < 4.78 is 5.86. The van der Waals surface area contributed by atoms with E-state index in [2.05, 4.69) is 36.1 Å². The highest BCUT2D eigenvalue weighted by Crippen LogP contribution is 2.20. The molecule has 2 N–H and O–H groups in total. The van der Waals surface area contributed by atoms with Crippen molar-refractivity contribution < 1.29 is 4.74 Å². The lowest BCUT2D eigenvalue weighted by molar-refractivity contribution is 0.0210. The van der Waals surface area contributed by atoms with E-state index in [1.54, 1.807) is 0 Å². The molecular formula is C16H26N2O. The predicted molar refractivity (Wildman–Crippen MR) is 80.7 cm³/mol. The summed E-state index contributed by atoms with van der Waals surface area (Å²) in [7, 11) is 0. The minimum atomic E-state index is 0.382. The number of nitrogens with zero attached hydrogens (tertiary/aromatic N) is 1. The number of nitrogens with two attached hydrogens (primary N) is 1. The van der Waals surface area contributed by atoms with Crippen LogP contribution in [0.2, 0.25) is 0 Å². The molecule has 1 unspecified atom stereocenters. The Bertz CT molecular complexity index is 358. The van der Waals surface area contributed by atoms with Crippen LogP contribution < -0.4 is 10.6 Å². The lowest BCUT2D eigenvalue weighted by atomic mass is 10.1. The SMILES string of the molecule is Cc1ccc(N(CCCN)CC2CCCCO2)cc1. The Morgan fingerprint density at radius 2 is 2.05 bits per heavy atom. The van der Waals surface area contributed by atoms with E-state index >= 15 is 0 Å². The molecule has 1 saturated heterocycles. The van der Waals surface area contributed by atoms with Crippen LogP contribution in [0.1, 0.15) is 31.2 Å². The maximum atomic E-state index is 5.86. The van der Waals surface area contributed by atoms with Crippen LogP contribution in [-0.4, -0.2) is 32.3 Å². The summed E-state index contributed by atoms with van der Waals surface area (Å²) in [5.41, 5.74) is 8.24. The van der Waals surface area contributed by atoms with Crippen molar-refractivity contribution in [1.29, 1.82) is 0 Å². The summed E-state index contributed by atoms with van der Waals surface area (Å²) in [5, 5.41) is 0. The predicted octanol–water partition coefficient (Wildman–Crippen LogP) is 2.72. The van der Waals surface area contributed by atoms with Gasteiger partial charge in [-0.05, 0) is 51.3 Å². The van der Waals surface area contributed by atoms with E-state index in [-0.39, 0.29) is 0 Å². The van der Waals surface area contributed by atoms with Gasteiger partial charge in [0.15, 0.2) is 0 Å². The lowest BCUT2D eigenvalue weighted by Gasteiger charge is -2.31. The molecule has 0 saturated carbocycles. The van der Waals surface area contributed by atoms with Crippen molar-refractivity contribution in [2.24, 2.45) is 5.73 Å². The van der Waals surface area contributed by atoms with E-state index in [1.165, 1.54) is 30.5 Å². The Morgan fingerprint density at radius 3 is 2.68 bits per heavy atom. The Balaban J connectivity index is 1.99. The molecule has 2 rings (SSSR count). The summed E-state index contributed by atoms with van der Waals surface area (Å²) in [4.78, 5) is 2.42. The van der Waals surface area contributed by atoms with Crippen LogP contribution in [0.3, 0.4) is 0 Å². The maximum Gasteiger partial charge on any atom is 0.0749 e. The van der Waals surface area contributed by atoms with Crippen molar-refractivity contribution in [3.8, 4) is 0 Å². The zero-order valence-corrected chi connectivity index (χ0v) is 12.0. The number of hydrogen-bond acceptors (Lipinski definition) is 3. The lowest BCUT2D eigenvalue weighted by Crippen LogP contribution is -2.37. The first-order valence-electron chi connectivity index (χ1n) is 7.43. The Hall–Kier alpha value is -1.06. The molecular weight excluding hydrogens is 236 g/mol. The molecule has 1 aliphatic rings. The summed E-state index contributed by atoms with van der Waals surface area (Å²) in [6.45, 7) is 5.79. The van der Waals surface area contributed by atoms with Gasteiger partial charge in [-0.1, -0.05) is 17.7 Å². The molecule has 3 nitrogen and oxygen atoms in total. The zero-order chi connectivity index (χ0) is 13.5. The smallest absolute Gasteiger partial charge is 0.0749 e. The average Bonchev–Trinajstić information content (AvgIpc) is 2.45. The first-order chi connectivity index (χ1) is 9.29. The Labute approximate surface area is 116 Å². The molecule has 1 aromatic carbocycles. The third-order valence-electron chi connectivity index (χ3n) is 3.73. The summed E-state index contributed by atoms with van der Waals surface area (Å²) in [5.74, 6) is 0. The monoisotopic (exact) mass is 262 g/mol. The van der Waals surface area contributed by atoms with Crippen molar-refractivity contribution >= 4 is 5.69 Å². The van der Waals surface area contributed by atoms with Crippen LogP contribution >= 0.6 is 0 Å². The van der Waals surface area contributed by atoms with Crippen LogP contribution in [-0.2, 0) is 4.74 Å². The molecule has 3 heteroatoms. The normalized spacial score (nSPS) is 19.4. The number of hydrogen-bond donors (Lipinski definition) is 1. The van der Waals surface area contributed by atoms with E-state index in [1.807, 2.05) is 0 Å². The third-order valence-corrected chi connectivity index (χ3v) is 3.73. The molecule has 1 heterocycles. The van der Waals surface area contributed by atoms with E-state index in [4.69, 9.17) is 10.5 Å². The van der Waals surface area contributed by atoms with Crippen molar-refractivity contribution in [1.82, 2.24) is 0 Å². The average molecular weight is 262 g/mol. The van der Waals surface area contributed by atoms with Gasteiger partial charge in [-0.25, -0.2) is 0 Å². The largest absolute Gasteiger partial charge is 0.376 e. The molecule has 0 aromatic heterocycles. The Kier molecular flexibility index (Phi) is 5.67. The highest BCUT2D eigenvalue weighted by Gasteiger charge is 2.17. The molecule has 0 bridgehead atoms.